The largest absolute Gasteiger partial charge is 0.465 e. The third kappa shape index (κ3) is 4.40. The highest BCUT2D eigenvalue weighted by atomic mass is 16.5. The topological polar surface area (TPSA) is 70.2 Å². The fourth-order valence-corrected chi connectivity index (χ4v) is 5.27. The van der Waals surface area contributed by atoms with E-state index in [0.717, 1.165) is 55.9 Å². The minimum atomic E-state index is -0.362. The minimum Gasteiger partial charge on any atom is -0.465 e. The van der Waals surface area contributed by atoms with Crippen LogP contribution < -0.4 is 0 Å². The molecule has 0 spiro atoms. The van der Waals surface area contributed by atoms with Gasteiger partial charge in [0.25, 0.3) is 0 Å². The second kappa shape index (κ2) is 10.1. The number of hydrogen-bond donors (Lipinski definition) is 0. The molecule has 0 unspecified atom stereocenters. The molecule has 0 bridgehead atoms. The van der Waals surface area contributed by atoms with E-state index in [2.05, 4.69) is 70.5 Å². The van der Waals surface area contributed by atoms with E-state index >= 15 is 0 Å². The standard InChI is InChI=1S/C33H27N3O3/c1-21-30(22(2)39-35-21)27-18-29-31(34-19-27)28(23-14-16-26(17-15-23)33(37)38-3)20-36(29)32(24-10-6-4-7-11-24)25-12-8-5-9-13-25/h4-20,32H,1-3H3. The van der Waals surface area contributed by atoms with Crippen molar-refractivity contribution in [3.63, 3.8) is 0 Å². The Morgan fingerprint density at radius 1 is 0.872 bits per heavy atom. The number of fused-ring (bicyclic) bond motifs is 1. The molecule has 0 radical (unpaired) electrons. The van der Waals surface area contributed by atoms with Crippen molar-refractivity contribution in [2.75, 3.05) is 7.11 Å². The van der Waals surface area contributed by atoms with Crippen LogP contribution in [0, 0.1) is 13.8 Å². The molecular weight excluding hydrogens is 486 g/mol. The van der Waals surface area contributed by atoms with E-state index in [-0.39, 0.29) is 12.0 Å². The number of methoxy groups -OCH3 is 1. The third-order valence-corrected chi connectivity index (χ3v) is 7.12. The molecule has 0 aliphatic carbocycles. The highest BCUT2D eigenvalue weighted by Crippen LogP contribution is 2.38. The van der Waals surface area contributed by atoms with Crippen LogP contribution >= 0.6 is 0 Å². The lowest BCUT2D eigenvalue weighted by Crippen LogP contribution is -2.11. The zero-order valence-corrected chi connectivity index (χ0v) is 22.0. The lowest BCUT2D eigenvalue weighted by molar-refractivity contribution is 0.0600. The Hall–Kier alpha value is -4.97. The number of hydrogen-bond acceptors (Lipinski definition) is 5. The lowest BCUT2D eigenvalue weighted by atomic mass is 9.98. The predicted molar refractivity (Wildman–Crippen MR) is 152 cm³/mol. The van der Waals surface area contributed by atoms with Gasteiger partial charge in [-0.25, -0.2) is 4.79 Å². The van der Waals surface area contributed by atoms with Crippen molar-refractivity contribution in [3.8, 4) is 22.3 Å². The number of carbonyl (C=O) groups excluding carboxylic acids is 1. The van der Waals surface area contributed by atoms with Crippen molar-refractivity contribution in [2.45, 2.75) is 19.9 Å². The van der Waals surface area contributed by atoms with E-state index in [9.17, 15) is 4.79 Å². The van der Waals surface area contributed by atoms with Crippen LogP contribution in [0.1, 0.15) is 39.0 Å². The van der Waals surface area contributed by atoms with Gasteiger partial charge >= 0.3 is 5.97 Å². The summed E-state index contributed by atoms with van der Waals surface area (Å²) < 4.78 is 12.6. The van der Waals surface area contributed by atoms with Gasteiger partial charge in [-0.1, -0.05) is 78.0 Å². The second-order valence-corrected chi connectivity index (χ2v) is 9.53. The molecule has 3 aromatic carbocycles. The molecule has 0 saturated carbocycles. The van der Waals surface area contributed by atoms with Crippen molar-refractivity contribution in [2.24, 2.45) is 0 Å². The number of aromatic nitrogens is 3. The van der Waals surface area contributed by atoms with Crippen molar-refractivity contribution < 1.29 is 14.1 Å². The van der Waals surface area contributed by atoms with Crippen LogP contribution in [0.15, 0.2) is 108 Å². The van der Waals surface area contributed by atoms with E-state index in [4.69, 9.17) is 14.2 Å². The third-order valence-electron chi connectivity index (χ3n) is 7.12. The van der Waals surface area contributed by atoms with Gasteiger partial charge in [0.2, 0.25) is 0 Å². The Morgan fingerprint density at radius 2 is 1.51 bits per heavy atom. The van der Waals surface area contributed by atoms with E-state index in [0.29, 0.717) is 5.56 Å². The number of benzene rings is 3. The molecule has 0 fully saturated rings. The molecule has 0 saturated heterocycles. The van der Waals surface area contributed by atoms with Gasteiger partial charge in [-0.05, 0) is 48.7 Å². The first-order valence-electron chi connectivity index (χ1n) is 12.8. The summed E-state index contributed by atoms with van der Waals surface area (Å²) in [6.07, 6.45) is 4.04. The first-order chi connectivity index (χ1) is 19.0. The summed E-state index contributed by atoms with van der Waals surface area (Å²) in [4.78, 5) is 17.0. The van der Waals surface area contributed by atoms with Crippen molar-refractivity contribution in [1.82, 2.24) is 14.7 Å². The van der Waals surface area contributed by atoms with Gasteiger partial charge in [-0.15, -0.1) is 0 Å². The molecule has 0 N–H and O–H groups in total. The molecule has 6 aromatic rings. The molecule has 0 aliphatic rings. The number of rotatable bonds is 6. The number of ether oxygens (including phenoxy) is 1. The van der Waals surface area contributed by atoms with Gasteiger partial charge in [0.1, 0.15) is 5.76 Å². The van der Waals surface area contributed by atoms with Crippen LogP contribution in [-0.4, -0.2) is 27.8 Å². The zero-order chi connectivity index (χ0) is 26.9. The van der Waals surface area contributed by atoms with Crippen molar-refractivity contribution >= 4 is 17.0 Å². The first kappa shape index (κ1) is 24.4. The first-order valence-corrected chi connectivity index (χ1v) is 12.8. The molecule has 0 amide bonds. The summed E-state index contributed by atoms with van der Waals surface area (Å²) >= 11 is 0. The summed E-state index contributed by atoms with van der Waals surface area (Å²) in [5, 5.41) is 4.16. The number of nitrogens with zero attached hydrogens (tertiary/aromatic N) is 3. The summed E-state index contributed by atoms with van der Waals surface area (Å²) in [6.45, 7) is 3.86. The maximum absolute atomic E-state index is 12.0. The number of aryl methyl sites for hydroxylation is 2. The monoisotopic (exact) mass is 513 g/mol. The average Bonchev–Trinajstić information content (AvgIpc) is 3.52. The number of pyridine rings is 1. The number of carbonyl (C=O) groups is 1. The summed E-state index contributed by atoms with van der Waals surface area (Å²) in [6, 6.07) is 30.5. The van der Waals surface area contributed by atoms with E-state index < -0.39 is 0 Å². The molecule has 39 heavy (non-hydrogen) atoms. The van der Waals surface area contributed by atoms with Crippen LogP contribution in [0.4, 0.5) is 0 Å². The van der Waals surface area contributed by atoms with Crippen LogP contribution in [0.2, 0.25) is 0 Å². The fraction of sp³-hybridized carbons (Fsp3) is 0.121. The summed E-state index contributed by atoms with van der Waals surface area (Å²) in [7, 11) is 1.39. The Morgan fingerprint density at radius 3 is 2.08 bits per heavy atom. The second-order valence-electron chi connectivity index (χ2n) is 9.53. The molecule has 192 valence electrons. The SMILES string of the molecule is COC(=O)c1ccc(-c2cn(C(c3ccccc3)c3ccccc3)c3cc(-c4c(C)noc4C)cnc23)cc1. The van der Waals surface area contributed by atoms with Crippen LogP contribution in [0.3, 0.4) is 0 Å². The van der Waals surface area contributed by atoms with Gasteiger partial charge in [-0.2, -0.15) is 0 Å². The zero-order valence-electron chi connectivity index (χ0n) is 22.0. The normalized spacial score (nSPS) is 11.3. The van der Waals surface area contributed by atoms with Gasteiger partial charge in [0.05, 0.1) is 35.4 Å². The minimum absolute atomic E-state index is 0.0836. The fourth-order valence-electron chi connectivity index (χ4n) is 5.27. The molecule has 6 nitrogen and oxygen atoms in total. The van der Waals surface area contributed by atoms with Gasteiger partial charge < -0.3 is 13.8 Å². The number of esters is 1. The predicted octanol–water partition coefficient (Wildman–Crippen LogP) is 7.40. The highest BCUT2D eigenvalue weighted by molar-refractivity contribution is 5.96. The van der Waals surface area contributed by atoms with E-state index in [1.54, 1.807) is 12.1 Å². The molecule has 6 rings (SSSR count). The maximum atomic E-state index is 12.0. The molecule has 0 aliphatic heterocycles. The summed E-state index contributed by atoms with van der Waals surface area (Å²) in [5.41, 5.74) is 9.35. The lowest BCUT2D eigenvalue weighted by Gasteiger charge is -2.21. The molecular formula is C33H27N3O3. The smallest absolute Gasteiger partial charge is 0.337 e. The van der Waals surface area contributed by atoms with E-state index in [1.165, 1.54) is 7.11 Å². The van der Waals surface area contributed by atoms with Crippen molar-refractivity contribution in [1.29, 1.82) is 0 Å². The highest BCUT2D eigenvalue weighted by Gasteiger charge is 2.23. The molecule has 3 heterocycles. The molecule has 6 heteroatoms. The van der Waals surface area contributed by atoms with Gasteiger partial charge in [0, 0.05) is 29.1 Å². The Balaban J connectivity index is 1.61. The quantitative estimate of drug-likeness (QED) is 0.217. The average molecular weight is 514 g/mol. The molecule has 0 atom stereocenters. The van der Waals surface area contributed by atoms with Gasteiger partial charge in [-0.3, -0.25) is 4.98 Å². The van der Waals surface area contributed by atoms with Crippen LogP contribution in [0.5, 0.6) is 0 Å². The molecule has 3 aromatic heterocycles. The Kier molecular flexibility index (Phi) is 6.29. The van der Waals surface area contributed by atoms with Crippen LogP contribution in [0.25, 0.3) is 33.3 Å². The maximum Gasteiger partial charge on any atom is 0.337 e. The Labute approximate surface area is 226 Å². The van der Waals surface area contributed by atoms with E-state index in [1.807, 2.05) is 44.3 Å². The Bertz CT molecular complexity index is 1710. The van der Waals surface area contributed by atoms with Crippen LogP contribution in [-0.2, 0) is 4.74 Å². The summed E-state index contributed by atoms with van der Waals surface area (Å²) in [5.74, 6) is 0.396. The van der Waals surface area contributed by atoms with Gasteiger partial charge in [0.15, 0.2) is 0 Å². The van der Waals surface area contributed by atoms with Crippen molar-refractivity contribution in [3.05, 3.63) is 132 Å².